The Morgan fingerprint density at radius 3 is 2.41 bits per heavy atom. The standard InChI is InChI=1S/C42H53N5O9/c1-42(2,3)37(45-41(51)54-32-15-17-52-25-32)38(49)46-47(22-27-11-13-28(14-12-27)29-10-7-16-43-21-29)23-34(48)33(18-26-8-5-4-6-9-26)44-40(50)56-36-31-19-30-20-35(36)55-39(30)53-24-31/h4-14,16,21,30-37,39,48H,15,17-20,22-25H2,1-3H3,(H,44,50)(H,45,51)(H,46,49)/t30?,31?,32?,33-,34-,35?,36?,37+,39?/m0/s1. The highest BCUT2D eigenvalue weighted by Gasteiger charge is 2.53. The minimum absolute atomic E-state index is 0.0455. The van der Waals surface area contributed by atoms with Crippen molar-refractivity contribution in [3.63, 3.8) is 0 Å². The van der Waals surface area contributed by atoms with Gasteiger partial charge in [0.05, 0.1) is 38.1 Å². The van der Waals surface area contributed by atoms with E-state index in [1.54, 1.807) is 17.4 Å². The number of ether oxygens (including phenoxy) is 5. The SMILES string of the molecule is CC(C)(C)[C@H](NC(=O)OC1CCOC1)C(=O)NN(Cc1ccc(-c2cccnc2)cc1)C[C@H](O)[C@H](Cc1ccccc1)NC(=O)OC1C2COC3OC1CC3C2. The lowest BCUT2D eigenvalue weighted by Crippen LogP contribution is -2.59. The van der Waals surface area contributed by atoms with Crippen LogP contribution in [0.4, 0.5) is 9.59 Å². The summed E-state index contributed by atoms with van der Waals surface area (Å²) >= 11 is 0. The summed E-state index contributed by atoms with van der Waals surface area (Å²) in [5, 5.41) is 19.3. The second-order valence-electron chi connectivity index (χ2n) is 16.4. The van der Waals surface area contributed by atoms with E-state index < -0.39 is 47.8 Å². The van der Waals surface area contributed by atoms with E-state index in [0.717, 1.165) is 35.1 Å². The molecule has 1 aliphatic carbocycles. The van der Waals surface area contributed by atoms with Crippen molar-refractivity contribution in [1.82, 2.24) is 26.1 Å². The monoisotopic (exact) mass is 771 g/mol. The predicted octanol–water partition coefficient (Wildman–Crippen LogP) is 4.36. The summed E-state index contributed by atoms with van der Waals surface area (Å²) in [6.45, 7) is 6.94. The van der Waals surface area contributed by atoms with Gasteiger partial charge in [-0.3, -0.25) is 15.2 Å². The summed E-state index contributed by atoms with van der Waals surface area (Å²) in [4.78, 5) is 44.9. The van der Waals surface area contributed by atoms with Gasteiger partial charge in [-0.1, -0.05) is 81.4 Å². The maximum Gasteiger partial charge on any atom is 0.408 e. The molecule has 9 atom stereocenters. The van der Waals surface area contributed by atoms with Crippen LogP contribution in [0.2, 0.25) is 0 Å². The fraction of sp³-hybridized carbons (Fsp3) is 0.524. The molecule has 300 valence electrons. The highest BCUT2D eigenvalue weighted by molar-refractivity contribution is 5.86. The molecule has 4 aliphatic rings. The molecule has 3 saturated heterocycles. The van der Waals surface area contributed by atoms with Gasteiger partial charge in [0.2, 0.25) is 0 Å². The van der Waals surface area contributed by atoms with Gasteiger partial charge in [0.1, 0.15) is 18.2 Å². The smallest absolute Gasteiger partial charge is 0.408 e. The molecule has 4 N–H and O–H groups in total. The second kappa shape index (κ2) is 17.7. The van der Waals surface area contributed by atoms with Gasteiger partial charge in [0.25, 0.3) is 5.91 Å². The van der Waals surface area contributed by atoms with Crippen molar-refractivity contribution >= 4 is 18.1 Å². The van der Waals surface area contributed by atoms with Crippen LogP contribution in [-0.4, -0.2) is 102 Å². The molecule has 3 aliphatic heterocycles. The first-order valence-corrected chi connectivity index (χ1v) is 19.5. The molecule has 0 radical (unpaired) electrons. The lowest BCUT2D eigenvalue weighted by molar-refractivity contribution is -0.153. The van der Waals surface area contributed by atoms with Crippen molar-refractivity contribution in [2.24, 2.45) is 17.3 Å². The molecule has 1 saturated carbocycles. The number of carbonyl (C=O) groups excluding carboxylic acids is 3. The van der Waals surface area contributed by atoms with Crippen LogP contribution < -0.4 is 16.1 Å². The number of carbonyl (C=O) groups is 3. The number of amides is 3. The van der Waals surface area contributed by atoms with E-state index in [0.29, 0.717) is 38.6 Å². The summed E-state index contributed by atoms with van der Waals surface area (Å²) in [5.74, 6) is -0.126. The molecule has 3 bridgehead atoms. The maximum atomic E-state index is 14.1. The van der Waals surface area contributed by atoms with E-state index in [2.05, 4.69) is 21.0 Å². The summed E-state index contributed by atoms with van der Waals surface area (Å²) in [7, 11) is 0. The van der Waals surface area contributed by atoms with E-state index >= 15 is 0 Å². The molecule has 4 heterocycles. The number of hydrogen-bond acceptors (Lipinski definition) is 11. The Hall–Kier alpha value is -4.60. The van der Waals surface area contributed by atoms with Gasteiger partial charge in [-0.25, -0.2) is 14.6 Å². The van der Waals surface area contributed by atoms with E-state index in [1.165, 1.54) is 0 Å². The number of aliphatic hydroxyl groups is 1. The lowest BCUT2D eigenvalue weighted by Gasteiger charge is -2.37. The van der Waals surface area contributed by atoms with Crippen LogP contribution in [0.3, 0.4) is 0 Å². The van der Waals surface area contributed by atoms with Gasteiger partial charge in [-0.15, -0.1) is 0 Å². The fourth-order valence-corrected chi connectivity index (χ4v) is 8.05. The Morgan fingerprint density at radius 2 is 1.70 bits per heavy atom. The first kappa shape index (κ1) is 39.6. The van der Waals surface area contributed by atoms with Crippen LogP contribution in [0.25, 0.3) is 11.1 Å². The molecule has 56 heavy (non-hydrogen) atoms. The number of fused-ring (bicyclic) bond motifs is 2. The molecule has 3 amide bonds. The highest BCUT2D eigenvalue weighted by atomic mass is 16.7. The zero-order chi connectivity index (χ0) is 39.2. The quantitative estimate of drug-likeness (QED) is 0.172. The Balaban J connectivity index is 1.09. The van der Waals surface area contributed by atoms with Crippen LogP contribution in [0.5, 0.6) is 0 Å². The van der Waals surface area contributed by atoms with Crippen LogP contribution in [0.1, 0.15) is 51.2 Å². The van der Waals surface area contributed by atoms with Crippen molar-refractivity contribution in [2.75, 3.05) is 26.4 Å². The minimum atomic E-state index is -1.18. The Bertz CT molecular complexity index is 1760. The van der Waals surface area contributed by atoms with Crippen molar-refractivity contribution in [3.8, 4) is 11.1 Å². The largest absolute Gasteiger partial charge is 0.444 e. The molecule has 3 aromatic rings. The van der Waals surface area contributed by atoms with Gasteiger partial charge in [0, 0.05) is 43.7 Å². The van der Waals surface area contributed by atoms with Crippen LogP contribution in [0, 0.1) is 17.3 Å². The first-order valence-electron chi connectivity index (χ1n) is 19.5. The van der Waals surface area contributed by atoms with Crippen molar-refractivity contribution in [1.29, 1.82) is 0 Å². The maximum absolute atomic E-state index is 14.1. The molecule has 6 unspecified atom stereocenters. The van der Waals surface area contributed by atoms with Crippen molar-refractivity contribution in [2.45, 2.75) is 95.8 Å². The molecule has 4 fully saturated rings. The Kier molecular flexibility index (Phi) is 12.5. The number of hydrogen-bond donors (Lipinski definition) is 4. The molecular weight excluding hydrogens is 718 g/mol. The Morgan fingerprint density at radius 1 is 0.911 bits per heavy atom. The Labute approximate surface area is 327 Å². The zero-order valence-corrected chi connectivity index (χ0v) is 32.2. The minimum Gasteiger partial charge on any atom is -0.444 e. The number of rotatable bonds is 14. The summed E-state index contributed by atoms with van der Waals surface area (Å²) in [5.41, 5.74) is 5.95. The summed E-state index contributed by atoms with van der Waals surface area (Å²) in [6, 6.07) is 19.4. The van der Waals surface area contributed by atoms with Crippen molar-refractivity contribution < 1.29 is 43.2 Å². The van der Waals surface area contributed by atoms with Crippen LogP contribution in [0.15, 0.2) is 79.1 Å². The fourth-order valence-electron chi connectivity index (χ4n) is 8.05. The number of benzene rings is 2. The topological polar surface area (TPSA) is 170 Å². The zero-order valence-electron chi connectivity index (χ0n) is 32.2. The number of aliphatic hydroxyl groups excluding tert-OH is 1. The highest BCUT2D eigenvalue weighted by Crippen LogP contribution is 2.46. The average Bonchev–Trinajstić information content (AvgIpc) is 3.80. The third kappa shape index (κ3) is 10.0. The number of nitrogens with one attached hydrogen (secondary N) is 3. The molecule has 14 heteroatoms. The van der Waals surface area contributed by atoms with E-state index in [9.17, 15) is 19.5 Å². The third-order valence-electron chi connectivity index (χ3n) is 11.0. The lowest BCUT2D eigenvalue weighted by atomic mass is 9.78. The van der Waals surface area contributed by atoms with Crippen LogP contribution in [-0.2, 0) is 41.4 Å². The van der Waals surface area contributed by atoms with Gasteiger partial charge in [-0.05, 0) is 53.0 Å². The van der Waals surface area contributed by atoms with Crippen LogP contribution >= 0.6 is 0 Å². The summed E-state index contributed by atoms with van der Waals surface area (Å²) < 4.78 is 28.8. The molecular formula is C42H53N5O9. The number of hydrazine groups is 1. The van der Waals surface area contributed by atoms with Gasteiger partial charge in [-0.2, -0.15) is 0 Å². The average molecular weight is 772 g/mol. The molecule has 1 aromatic heterocycles. The van der Waals surface area contributed by atoms with E-state index in [4.69, 9.17) is 23.7 Å². The predicted molar refractivity (Wildman–Crippen MR) is 204 cm³/mol. The third-order valence-corrected chi connectivity index (χ3v) is 11.0. The molecule has 2 aromatic carbocycles. The second-order valence-corrected chi connectivity index (χ2v) is 16.4. The molecule has 7 rings (SSSR count). The summed E-state index contributed by atoms with van der Waals surface area (Å²) in [6.07, 6.45) is 2.20. The van der Waals surface area contributed by atoms with Gasteiger partial charge in [0.15, 0.2) is 6.29 Å². The number of aromatic nitrogens is 1. The number of alkyl carbamates (subject to hydrolysis) is 2. The van der Waals surface area contributed by atoms with Gasteiger partial charge < -0.3 is 39.4 Å². The molecule has 14 nitrogen and oxygen atoms in total. The molecule has 0 spiro atoms. The number of nitrogens with zero attached hydrogens (tertiary/aromatic N) is 2. The van der Waals surface area contributed by atoms with E-state index in [-0.39, 0.29) is 37.5 Å². The normalized spacial score (nSPS) is 25.6. The van der Waals surface area contributed by atoms with E-state index in [1.807, 2.05) is 87.5 Å². The first-order chi connectivity index (χ1) is 27.0. The number of pyridine rings is 1. The van der Waals surface area contributed by atoms with Crippen molar-refractivity contribution in [3.05, 3.63) is 90.3 Å². The van der Waals surface area contributed by atoms with Gasteiger partial charge >= 0.3 is 12.2 Å².